The van der Waals surface area contributed by atoms with E-state index >= 15 is 0 Å². The van der Waals surface area contributed by atoms with Crippen LogP contribution in [0.2, 0.25) is 0 Å². The molecule has 0 amide bonds. The predicted octanol–water partition coefficient (Wildman–Crippen LogP) is -0.275. The van der Waals surface area contributed by atoms with Gasteiger partial charge in [-0.3, -0.25) is 10.00 Å². The molecule has 0 bridgehead atoms. The molecule has 1 unspecified atom stereocenters. The summed E-state index contributed by atoms with van der Waals surface area (Å²) in [6.45, 7) is 2.98. The van der Waals surface area contributed by atoms with Gasteiger partial charge in [-0.05, 0) is 26.2 Å². The van der Waals surface area contributed by atoms with Gasteiger partial charge in [-0.2, -0.15) is 5.10 Å². The van der Waals surface area contributed by atoms with Crippen LogP contribution in [0.5, 0.6) is 0 Å². The van der Waals surface area contributed by atoms with Gasteiger partial charge in [0.25, 0.3) is 0 Å². The van der Waals surface area contributed by atoms with Crippen LogP contribution in [0.3, 0.4) is 0 Å². The Bertz CT molecular complexity index is 594. The van der Waals surface area contributed by atoms with Crippen LogP contribution in [0.1, 0.15) is 30.7 Å². The fourth-order valence-electron chi connectivity index (χ4n) is 2.87. The second-order valence-electron chi connectivity index (χ2n) is 5.62. The van der Waals surface area contributed by atoms with Crippen molar-refractivity contribution in [1.82, 2.24) is 19.8 Å². The highest BCUT2D eigenvalue weighted by molar-refractivity contribution is 7.89. The summed E-state index contributed by atoms with van der Waals surface area (Å²) in [6, 6.07) is 0.606. The SMILES string of the molecule is Cc1[nH]nc(CO)c1S(=O)(=O)NC1CCN(C2CC2)C1. The summed E-state index contributed by atoms with van der Waals surface area (Å²) in [4.78, 5) is 2.44. The lowest BCUT2D eigenvalue weighted by atomic mass is 10.3. The molecule has 1 aromatic rings. The van der Waals surface area contributed by atoms with E-state index in [1.807, 2.05) is 0 Å². The van der Waals surface area contributed by atoms with Crippen LogP contribution in [0.25, 0.3) is 0 Å². The predicted molar refractivity (Wildman–Crippen MR) is 72.6 cm³/mol. The zero-order chi connectivity index (χ0) is 14.3. The summed E-state index contributed by atoms with van der Waals surface area (Å²) in [6.07, 6.45) is 3.30. The van der Waals surface area contributed by atoms with Crippen molar-refractivity contribution in [3.05, 3.63) is 11.4 Å². The van der Waals surface area contributed by atoms with E-state index in [2.05, 4.69) is 19.8 Å². The minimum Gasteiger partial charge on any atom is -0.390 e. The van der Waals surface area contributed by atoms with E-state index in [-0.39, 0.29) is 23.2 Å². The first-order valence-corrected chi connectivity index (χ1v) is 8.40. The minimum atomic E-state index is -3.63. The molecule has 3 rings (SSSR count). The van der Waals surface area contributed by atoms with Crippen LogP contribution < -0.4 is 4.72 Å². The van der Waals surface area contributed by atoms with E-state index in [0.29, 0.717) is 11.7 Å². The van der Waals surface area contributed by atoms with E-state index in [1.165, 1.54) is 12.8 Å². The number of aromatic nitrogens is 2. The van der Waals surface area contributed by atoms with Crippen LogP contribution >= 0.6 is 0 Å². The third-order valence-electron chi connectivity index (χ3n) is 3.98. The summed E-state index contributed by atoms with van der Waals surface area (Å²) in [5.41, 5.74) is 0.630. The largest absolute Gasteiger partial charge is 0.390 e. The van der Waals surface area contributed by atoms with Gasteiger partial charge in [-0.15, -0.1) is 0 Å². The first-order chi connectivity index (χ1) is 9.51. The van der Waals surface area contributed by atoms with Crippen molar-refractivity contribution in [1.29, 1.82) is 0 Å². The van der Waals surface area contributed by atoms with E-state index in [1.54, 1.807) is 6.92 Å². The highest BCUT2D eigenvalue weighted by atomic mass is 32.2. The van der Waals surface area contributed by atoms with Crippen molar-refractivity contribution in [2.75, 3.05) is 13.1 Å². The van der Waals surface area contributed by atoms with Gasteiger partial charge in [0.05, 0.1) is 12.3 Å². The van der Waals surface area contributed by atoms with Crippen LogP contribution in [0, 0.1) is 6.92 Å². The summed E-state index contributed by atoms with van der Waals surface area (Å²) in [5, 5.41) is 15.6. The quantitative estimate of drug-likeness (QED) is 0.695. The fourth-order valence-corrected chi connectivity index (χ4v) is 4.48. The standard InChI is InChI=1S/C12H20N4O3S/c1-8-12(11(7-17)14-13-8)20(18,19)15-9-4-5-16(6-9)10-2-3-10/h9-10,15,17H,2-7H2,1H3,(H,13,14). The van der Waals surface area contributed by atoms with Gasteiger partial charge in [0.2, 0.25) is 10.0 Å². The lowest BCUT2D eigenvalue weighted by Gasteiger charge is -2.16. The molecule has 2 aliphatic rings. The van der Waals surface area contributed by atoms with Crippen molar-refractivity contribution in [2.24, 2.45) is 0 Å². The Balaban J connectivity index is 1.74. The van der Waals surface area contributed by atoms with Crippen LogP contribution in [0.15, 0.2) is 4.90 Å². The topological polar surface area (TPSA) is 98.3 Å². The molecular formula is C12H20N4O3S. The van der Waals surface area contributed by atoms with Gasteiger partial charge in [0.15, 0.2) is 0 Å². The molecule has 1 saturated carbocycles. The summed E-state index contributed by atoms with van der Waals surface area (Å²) < 4.78 is 27.6. The Morgan fingerprint density at radius 3 is 2.85 bits per heavy atom. The molecule has 20 heavy (non-hydrogen) atoms. The maximum absolute atomic E-state index is 12.4. The lowest BCUT2D eigenvalue weighted by Crippen LogP contribution is -2.37. The Hall–Kier alpha value is -0.960. The Kier molecular flexibility index (Phi) is 3.57. The zero-order valence-electron chi connectivity index (χ0n) is 11.5. The van der Waals surface area contributed by atoms with E-state index in [0.717, 1.165) is 19.5 Å². The number of nitrogens with zero attached hydrogens (tertiary/aromatic N) is 2. The van der Waals surface area contributed by atoms with Crippen molar-refractivity contribution < 1.29 is 13.5 Å². The lowest BCUT2D eigenvalue weighted by molar-refractivity contribution is 0.273. The molecule has 8 heteroatoms. The number of sulfonamides is 1. The smallest absolute Gasteiger partial charge is 0.244 e. The van der Waals surface area contributed by atoms with Gasteiger partial charge in [-0.25, -0.2) is 13.1 Å². The van der Waals surface area contributed by atoms with E-state index < -0.39 is 10.0 Å². The van der Waals surface area contributed by atoms with Gasteiger partial charge in [-0.1, -0.05) is 0 Å². The Labute approximate surface area is 118 Å². The normalized spacial score (nSPS) is 24.4. The molecule has 1 atom stereocenters. The molecule has 1 aliphatic heterocycles. The minimum absolute atomic E-state index is 0.0542. The van der Waals surface area contributed by atoms with Gasteiger partial charge in [0.1, 0.15) is 10.6 Å². The fraction of sp³-hybridized carbons (Fsp3) is 0.750. The maximum Gasteiger partial charge on any atom is 0.244 e. The first kappa shape index (κ1) is 14.0. The molecular weight excluding hydrogens is 280 g/mol. The van der Waals surface area contributed by atoms with Crippen molar-refractivity contribution in [3.8, 4) is 0 Å². The van der Waals surface area contributed by atoms with Gasteiger partial charge >= 0.3 is 0 Å². The number of H-pyrrole nitrogens is 1. The molecule has 2 heterocycles. The summed E-state index contributed by atoms with van der Waals surface area (Å²) >= 11 is 0. The van der Waals surface area contributed by atoms with Crippen molar-refractivity contribution in [3.63, 3.8) is 0 Å². The number of nitrogens with one attached hydrogen (secondary N) is 2. The van der Waals surface area contributed by atoms with Gasteiger partial charge in [0, 0.05) is 25.2 Å². The van der Waals surface area contributed by atoms with Crippen molar-refractivity contribution in [2.45, 2.75) is 49.8 Å². The molecule has 0 radical (unpaired) electrons. The number of aromatic amines is 1. The van der Waals surface area contributed by atoms with Gasteiger partial charge < -0.3 is 5.11 Å². The molecule has 7 nitrogen and oxygen atoms in total. The number of aliphatic hydroxyl groups excluding tert-OH is 1. The number of hydrogen-bond acceptors (Lipinski definition) is 5. The molecule has 2 fully saturated rings. The number of aliphatic hydroxyl groups is 1. The molecule has 1 saturated heterocycles. The third-order valence-corrected chi connectivity index (χ3v) is 5.71. The molecule has 1 aromatic heterocycles. The van der Waals surface area contributed by atoms with Crippen molar-refractivity contribution >= 4 is 10.0 Å². The molecule has 3 N–H and O–H groups in total. The van der Waals surface area contributed by atoms with Crippen LogP contribution in [-0.4, -0.2) is 53.8 Å². The van der Waals surface area contributed by atoms with Crippen LogP contribution in [-0.2, 0) is 16.6 Å². The third kappa shape index (κ3) is 2.60. The highest BCUT2D eigenvalue weighted by Gasteiger charge is 2.36. The summed E-state index contributed by atoms with van der Waals surface area (Å²) in [5.74, 6) is 0. The average Bonchev–Trinajstić information content (AvgIpc) is 3.02. The maximum atomic E-state index is 12.4. The summed E-state index contributed by atoms with van der Waals surface area (Å²) in [7, 11) is -3.63. The Morgan fingerprint density at radius 1 is 1.45 bits per heavy atom. The zero-order valence-corrected chi connectivity index (χ0v) is 12.3. The first-order valence-electron chi connectivity index (χ1n) is 6.92. The highest BCUT2D eigenvalue weighted by Crippen LogP contribution is 2.30. The molecule has 112 valence electrons. The number of rotatable bonds is 5. The number of likely N-dealkylation sites (tertiary alicyclic amines) is 1. The number of hydrogen-bond donors (Lipinski definition) is 3. The molecule has 1 aliphatic carbocycles. The Morgan fingerprint density at radius 2 is 2.20 bits per heavy atom. The monoisotopic (exact) mass is 300 g/mol. The van der Waals surface area contributed by atoms with Crippen LogP contribution in [0.4, 0.5) is 0 Å². The molecule has 0 spiro atoms. The second kappa shape index (κ2) is 5.10. The number of aryl methyl sites for hydroxylation is 1. The average molecular weight is 300 g/mol. The van der Waals surface area contributed by atoms with E-state index in [4.69, 9.17) is 0 Å². The van der Waals surface area contributed by atoms with E-state index in [9.17, 15) is 13.5 Å². The second-order valence-corrected chi connectivity index (χ2v) is 7.27. The molecule has 0 aromatic carbocycles.